The maximum absolute atomic E-state index is 14.2. The van der Waals surface area contributed by atoms with Crippen LogP contribution in [0, 0.1) is 12.7 Å². The Bertz CT molecular complexity index is 1230. The number of hydrogen-bond donors (Lipinski definition) is 1. The number of halogens is 1. The number of furan rings is 1. The molecule has 3 aromatic rings. The highest BCUT2D eigenvalue weighted by atomic mass is 19.1. The van der Waals surface area contributed by atoms with E-state index in [9.17, 15) is 19.1 Å². The number of carbonyl (C=O) groups is 2. The number of ether oxygens (including phenoxy) is 1. The summed E-state index contributed by atoms with van der Waals surface area (Å²) in [5, 5.41) is 11.1. The van der Waals surface area contributed by atoms with E-state index in [-0.39, 0.29) is 17.7 Å². The van der Waals surface area contributed by atoms with Crippen LogP contribution in [0.2, 0.25) is 0 Å². The first-order valence-electron chi connectivity index (χ1n) is 11.7. The molecule has 1 aliphatic rings. The average molecular weight is 478 g/mol. The summed E-state index contributed by atoms with van der Waals surface area (Å²) in [6.07, 6.45) is 4.62. The molecular formula is C28H28FNO5. The Morgan fingerprint density at radius 3 is 2.54 bits per heavy atom. The topological polar surface area (TPSA) is 80.0 Å². The lowest BCUT2D eigenvalue weighted by atomic mass is 9.95. The van der Waals surface area contributed by atoms with E-state index >= 15 is 0 Å². The van der Waals surface area contributed by atoms with Gasteiger partial charge in [-0.2, -0.15) is 0 Å². The number of hydrogen-bond acceptors (Lipinski definition) is 5. The average Bonchev–Trinajstić information content (AvgIpc) is 3.46. The van der Waals surface area contributed by atoms with E-state index in [0.29, 0.717) is 29.2 Å². The fourth-order valence-electron chi connectivity index (χ4n) is 4.14. The summed E-state index contributed by atoms with van der Waals surface area (Å²) in [5.41, 5.74) is 1.06. The van der Waals surface area contributed by atoms with Crippen molar-refractivity contribution in [3.63, 3.8) is 0 Å². The van der Waals surface area contributed by atoms with E-state index in [1.165, 1.54) is 23.3 Å². The number of aryl methyl sites for hydroxylation is 1. The van der Waals surface area contributed by atoms with Crippen molar-refractivity contribution in [3.05, 3.63) is 94.7 Å². The maximum atomic E-state index is 14.2. The minimum Gasteiger partial charge on any atom is -0.507 e. The van der Waals surface area contributed by atoms with E-state index in [4.69, 9.17) is 9.15 Å². The molecule has 1 saturated heterocycles. The van der Waals surface area contributed by atoms with E-state index in [2.05, 4.69) is 6.92 Å². The number of nitrogens with zero attached hydrogens (tertiary/aromatic N) is 1. The Morgan fingerprint density at radius 1 is 1.11 bits per heavy atom. The van der Waals surface area contributed by atoms with Crippen LogP contribution in [0.25, 0.3) is 5.76 Å². The lowest BCUT2D eigenvalue weighted by molar-refractivity contribution is -0.140. The Hall–Kier alpha value is -3.87. The quantitative estimate of drug-likeness (QED) is 0.179. The summed E-state index contributed by atoms with van der Waals surface area (Å²) in [6.45, 7) is 4.37. The molecule has 182 valence electrons. The normalized spacial score (nSPS) is 17.2. The number of carbonyl (C=O) groups excluding carboxylic acids is 2. The van der Waals surface area contributed by atoms with Gasteiger partial charge in [-0.15, -0.1) is 0 Å². The molecule has 2 aromatic carbocycles. The number of aliphatic hydroxyl groups excluding tert-OH is 1. The number of ketones is 1. The van der Waals surface area contributed by atoms with E-state index in [1.807, 2.05) is 0 Å². The fraction of sp³-hybridized carbons (Fsp3) is 0.286. The third-order valence-electron chi connectivity index (χ3n) is 6.10. The first-order chi connectivity index (χ1) is 16.9. The van der Waals surface area contributed by atoms with Gasteiger partial charge < -0.3 is 19.2 Å². The molecule has 4 rings (SSSR count). The Morgan fingerprint density at radius 2 is 1.89 bits per heavy atom. The van der Waals surface area contributed by atoms with Gasteiger partial charge in [0.15, 0.2) is 0 Å². The molecule has 0 bridgehead atoms. The minimum absolute atomic E-state index is 0.0382. The van der Waals surface area contributed by atoms with Gasteiger partial charge in [0.05, 0.1) is 31.0 Å². The smallest absolute Gasteiger partial charge is 0.296 e. The lowest BCUT2D eigenvalue weighted by Gasteiger charge is -2.24. The van der Waals surface area contributed by atoms with Gasteiger partial charge in [-0.1, -0.05) is 44.0 Å². The molecule has 6 nitrogen and oxygen atoms in total. The van der Waals surface area contributed by atoms with Crippen LogP contribution >= 0.6 is 0 Å². The van der Waals surface area contributed by atoms with Crippen LogP contribution in [0.5, 0.6) is 5.75 Å². The van der Waals surface area contributed by atoms with Crippen molar-refractivity contribution in [1.29, 1.82) is 0 Å². The Kier molecular flexibility index (Phi) is 7.34. The van der Waals surface area contributed by atoms with Gasteiger partial charge in [-0.3, -0.25) is 9.59 Å². The first kappa shape index (κ1) is 24.3. The summed E-state index contributed by atoms with van der Waals surface area (Å²) in [5.74, 6) is -1.36. The third-order valence-corrected chi connectivity index (χ3v) is 6.10. The summed E-state index contributed by atoms with van der Waals surface area (Å²) < 4.78 is 25.4. The molecule has 1 fully saturated rings. The van der Waals surface area contributed by atoms with Gasteiger partial charge in [-0.25, -0.2) is 4.39 Å². The number of amides is 1. The molecule has 0 radical (unpaired) electrons. The summed E-state index contributed by atoms with van der Waals surface area (Å²) in [6, 6.07) is 13.8. The number of aliphatic hydroxyl groups is 1. The van der Waals surface area contributed by atoms with Crippen molar-refractivity contribution in [3.8, 4) is 5.75 Å². The largest absolute Gasteiger partial charge is 0.507 e. The zero-order valence-electron chi connectivity index (χ0n) is 19.8. The van der Waals surface area contributed by atoms with Gasteiger partial charge in [0.2, 0.25) is 0 Å². The second-order valence-corrected chi connectivity index (χ2v) is 8.59. The number of rotatable bonds is 9. The summed E-state index contributed by atoms with van der Waals surface area (Å²) >= 11 is 0. The standard InChI is InChI=1S/C28H28FNO5/c1-3-4-5-14-34-21-12-10-19(11-13-21)25-24(26(31)20-9-8-18(2)23(29)16-20)27(32)28(33)30(25)17-22-7-6-15-35-22/h6-13,15-16,25,31H,3-5,14,17H2,1-2H3/t25-/m1/s1. The van der Waals surface area contributed by atoms with Gasteiger partial charge >= 0.3 is 0 Å². The van der Waals surface area contributed by atoms with Crippen molar-refractivity contribution in [2.75, 3.05) is 6.61 Å². The summed E-state index contributed by atoms with van der Waals surface area (Å²) in [4.78, 5) is 27.5. The van der Waals surface area contributed by atoms with Crippen molar-refractivity contribution in [1.82, 2.24) is 4.90 Å². The van der Waals surface area contributed by atoms with Crippen LogP contribution in [0.1, 0.15) is 54.7 Å². The number of Topliss-reactive ketones (excluding diaryl/α,β-unsaturated/α-hetero) is 1. The molecular weight excluding hydrogens is 449 g/mol. The monoisotopic (exact) mass is 477 g/mol. The van der Waals surface area contributed by atoms with Gasteiger partial charge in [0, 0.05) is 5.56 Å². The van der Waals surface area contributed by atoms with Crippen molar-refractivity contribution < 1.29 is 28.2 Å². The van der Waals surface area contributed by atoms with Crippen LogP contribution in [0.3, 0.4) is 0 Å². The molecule has 1 aromatic heterocycles. The predicted octanol–water partition coefficient (Wildman–Crippen LogP) is 5.92. The van der Waals surface area contributed by atoms with E-state index < -0.39 is 29.3 Å². The molecule has 7 heteroatoms. The van der Waals surface area contributed by atoms with Gasteiger partial charge in [0.1, 0.15) is 23.1 Å². The molecule has 0 aliphatic carbocycles. The second-order valence-electron chi connectivity index (χ2n) is 8.59. The number of benzene rings is 2. The van der Waals surface area contributed by atoms with Crippen molar-refractivity contribution in [2.24, 2.45) is 0 Å². The van der Waals surface area contributed by atoms with E-state index in [0.717, 1.165) is 25.3 Å². The molecule has 0 saturated carbocycles. The van der Waals surface area contributed by atoms with Crippen LogP contribution in [0.4, 0.5) is 4.39 Å². The molecule has 1 atom stereocenters. The second kappa shape index (κ2) is 10.6. The highest BCUT2D eigenvalue weighted by molar-refractivity contribution is 6.46. The molecule has 2 heterocycles. The lowest BCUT2D eigenvalue weighted by Crippen LogP contribution is -2.29. The van der Waals surface area contributed by atoms with Crippen LogP contribution in [-0.2, 0) is 16.1 Å². The number of likely N-dealkylation sites (tertiary alicyclic amines) is 1. The highest BCUT2D eigenvalue weighted by Crippen LogP contribution is 2.40. The predicted molar refractivity (Wildman–Crippen MR) is 129 cm³/mol. The zero-order chi connectivity index (χ0) is 24.9. The first-order valence-corrected chi connectivity index (χ1v) is 11.7. The van der Waals surface area contributed by atoms with Crippen LogP contribution in [0.15, 0.2) is 70.9 Å². The SMILES string of the molecule is CCCCCOc1ccc([C@@H]2C(=C(O)c3ccc(C)c(F)c3)C(=O)C(=O)N2Cc2ccco2)cc1. The van der Waals surface area contributed by atoms with Crippen molar-refractivity contribution in [2.45, 2.75) is 45.7 Å². The van der Waals surface area contributed by atoms with Gasteiger partial charge in [-0.05, 0) is 54.8 Å². The molecule has 0 spiro atoms. The minimum atomic E-state index is -0.876. The fourth-order valence-corrected chi connectivity index (χ4v) is 4.14. The Labute approximate surface area is 203 Å². The molecule has 1 aliphatic heterocycles. The highest BCUT2D eigenvalue weighted by Gasteiger charge is 2.46. The van der Waals surface area contributed by atoms with Crippen LogP contribution < -0.4 is 4.74 Å². The van der Waals surface area contributed by atoms with E-state index in [1.54, 1.807) is 43.3 Å². The Balaban J connectivity index is 1.73. The molecule has 0 unspecified atom stereocenters. The zero-order valence-corrected chi connectivity index (χ0v) is 19.8. The van der Waals surface area contributed by atoms with Gasteiger partial charge in [0.25, 0.3) is 11.7 Å². The molecule has 35 heavy (non-hydrogen) atoms. The maximum Gasteiger partial charge on any atom is 0.296 e. The van der Waals surface area contributed by atoms with Crippen LogP contribution in [-0.4, -0.2) is 28.3 Å². The molecule has 1 amide bonds. The number of unbranched alkanes of at least 4 members (excludes halogenated alkanes) is 2. The van der Waals surface area contributed by atoms with Crippen molar-refractivity contribution >= 4 is 17.4 Å². The summed E-state index contributed by atoms with van der Waals surface area (Å²) in [7, 11) is 0. The molecule has 1 N–H and O–H groups in total. The third kappa shape index (κ3) is 5.14.